The molecule has 1 N–H and O–H groups in total. The number of Topliss-reactive ketones (excluding diaryl/α,β-unsaturated/α-hetero) is 1. The van der Waals surface area contributed by atoms with Crippen LogP contribution in [0.2, 0.25) is 10.0 Å². The van der Waals surface area contributed by atoms with Gasteiger partial charge in [-0.05, 0) is 37.3 Å². The van der Waals surface area contributed by atoms with Crippen molar-refractivity contribution in [1.82, 2.24) is 0 Å². The number of hydrogen-bond donors (Lipinski definition) is 1. The van der Waals surface area contributed by atoms with Gasteiger partial charge in [-0.3, -0.25) is 4.79 Å². The minimum atomic E-state index is -2.72. The number of alkyl halides is 2. The lowest BCUT2D eigenvalue weighted by Crippen LogP contribution is -2.45. The molecule has 144 valence electrons. The average Bonchev–Trinajstić information content (AvgIpc) is 2.57. The number of fused-ring (bicyclic) bond motifs is 1. The highest BCUT2D eigenvalue weighted by atomic mass is 35.5. The van der Waals surface area contributed by atoms with Crippen LogP contribution in [0.15, 0.2) is 36.4 Å². The maximum absolute atomic E-state index is 12.8. The first kappa shape index (κ1) is 21.1. The number of ketones is 1. The van der Waals surface area contributed by atoms with E-state index in [0.29, 0.717) is 21.2 Å². The largest absolute Gasteiger partial charge is 0.508 e. The van der Waals surface area contributed by atoms with E-state index in [-0.39, 0.29) is 30.1 Å². The summed E-state index contributed by atoms with van der Waals surface area (Å²) in [6, 6.07) is 9.10. The Morgan fingerprint density at radius 3 is 2.44 bits per heavy atom. The number of aldehydes is 1. The highest BCUT2D eigenvalue weighted by molar-refractivity contribution is 6.31. The number of halogens is 4. The molecule has 2 aromatic rings. The number of hydrogen-bond acceptors (Lipinski definition) is 4. The van der Waals surface area contributed by atoms with Gasteiger partial charge in [0, 0.05) is 22.0 Å². The summed E-state index contributed by atoms with van der Waals surface area (Å²) >= 11 is 11.3. The first-order valence-electron chi connectivity index (χ1n) is 7.87. The number of ether oxygens (including phenoxy) is 1. The summed E-state index contributed by atoms with van der Waals surface area (Å²) in [5.41, 5.74) is -0.846. The van der Waals surface area contributed by atoms with Crippen molar-refractivity contribution in [2.75, 3.05) is 0 Å². The number of phenols is 1. The van der Waals surface area contributed by atoms with Crippen LogP contribution in [0.1, 0.15) is 29.3 Å². The van der Waals surface area contributed by atoms with Crippen LogP contribution in [0, 0.1) is 0 Å². The summed E-state index contributed by atoms with van der Waals surface area (Å²) in [5.74, 6) is -0.142. The van der Waals surface area contributed by atoms with Gasteiger partial charge in [0.1, 0.15) is 17.8 Å². The maximum atomic E-state index is 12.8. The molecule has 0 fully saturated rings. The van der Waals surface area contributed by atoms with Crippen molar-refractivity contribution < 1.29 is 28.2 Å². The number of benzene rings is 2. The lowest BCUT2D eigenvalue weighted by Gasteiger charge is -2.34. The van der Waals surface area contributed by atoms with Crippen molar-refractivity contribution in [3.05, 3.63) is 57.6 Å². The first-order valence-corrected chi connectivity index (χ1v) is 8.63. The topological polar surface area (TPSA) is 63.6 Å². The standard InChI is InChI=1S/C11H9ClF2O2.C8H7ClO2/c1-11(10(13)14)5-8(15)7-3-2-6(12)4-9(7)16-11;9-7-2-1-6(3-4-10)8(11)5-7/h2-4,10H,5H2,1H3;1-2,4-5,11H,3H2. The van der Waals surface area contributed by atoms with Crippen molar-refractivity contribution >= 4 is 35.3 Å². The molecule has 2 aromatic carbocycles. The number of aromatic hydroxyl groups is 1. The minimum absolute atomic E-state index is 0.0737. The molecule has 8 heteroatoms. The Bertz CT molecular complexity index is 858. The number of phenolic OH excluding ortho intramolecular Hbond substituents is 1. The average molecular weight is 417 g/mol. The number of carbonyl (C=O) groups excluding carboxylic acids is 2. The summed E-state index contributed by atoms with van der Waals surface area (Å²) in [6.07, 6.45) is -2.07. The normalized spacial score (nSPS) is 18.2. The van der Waals surface area contributed by atoms with Crippen molar-refractivity contribution in [3.8, 4) is 11.5 Å². The van der Waals surface area contributed by atoms with Crippen molar-refractivity contribution in [1.29, 1.82) is 0 Å². The molecule has 0 bridgehead atoms. The lowest BCUT2D eigenvalue weighted by molar-refractivity contribution is -0.107. The summed E-state index contributed by atoms with van der Waals surface area (Å²) in [4.78, 5) is 21.7. The molecule has 0 aromatic heterocycles. The quantitative estimate of drug-likeness (QED) is 0.705. The van der Waals surface area contributed by atoms with E-state index in [0.717, 1.165) is 6.29 Å². The molecule has 0 spiro atoms. The predicted molar refractivity (Wildman–Crippen MR) is 98.3 cm³/mol. The van der Waals surface area contributed by atoms with Crippen molar-refractivity contribution in [2.45, 2.75) is 31.8 Å². The maximum Gasteiger partial charge on any atom is 0.277 e. The van der Waals surface area contributed by atoms with E-state index in [1.807, 2.05) is 0 Å². The van der Waals surface area contributed by atoms with E-state index in [1.54, 1.807) is 12.1 Å². The van der Waals surface area contributed by atoms with Gasteiger partial charge in [-0.25, -0.2) is 8.78 Å². The molecule has 1 atom stereocenters. The smallest absolute Gasteiger partial charge is 0.277 e. The first-order chi connectivity index (χ1) is 12.7. The van der Waals surface area contributed by atoms with Crippen LogP contribution in [0.4, 0.5) is 8.78 Å². The second kappa shape index (κ2) is 8.67. The molecule has 27 heavy (non-hydrogen) atoms. The molecule has 0 saturated heterocycles. The number of rotatable bonds is 3. The van der Waals surface area contributed by atoms with Crippen LogP contribution in [-0.2, 0) is 11.2 Å². The van der Waals surface area contributed by atoms with E-state index in [2.05, 4.69) is 0 Å². The monoisotopic (exact) mass is 416 g/mol. The second-order valence-electron chi connectivity index (χ2n) is 6.10. The fourth-order valence-corrected chi connectivity index (χ4v) is 2.76. The summed E-state index contributed by atoms with van der Waals surface area (Å²) in [5, 5.41) is 10.0. The van der Waals surface area contributed by atoms with Gasteiger partial charge in [-0.15, -0.1) is 0 Å². The Morgan fingerprint density at radius 2 is 1.85 bits per heavy atom. The Morgan fingerprint density at radius 1 is 1.22 bits per heavy atom. The second-order valence-corrected chi connectivity index (χ2v) is 6.97. The molecule has 4 nitrogen and oxygen atoms in total. The van der Waals surface area contributed by atoms with Gasteiger partial charge < -0.3 is 14.6 Å². The fraction of sp³-hybridized carbons (Fsp3) is 0.263. The fourth-order valence-electron chi connectivity index (χ4n) is 2.43. The van der Waals surface area contributed by atoms with Crippen LogP contribution in [-0.4, -0.2) is 29.2 Å². The molecule has 3 rings (SSSR count). The third-order valence-electron chi connectivity index (χ3n) is 3.91. The zero-order valence-corrected chi connectivity index (χ0v) is 15.7. The Hall–Kier alpha value is -2.18. The zero-order valence-electron chi connectivity index (χ0n) is 14.2. The van der Waals surface area contributed by atoms with Crippen molar-refractivity contribution in [2.24, 2.45) is 0 Å². The molecule has 0 radical (unpaired) electrons. The number of carbonyl (C=O) groups is 2. The molecule has 1 aliphatic rings. The Balaban J connectivity index is 0.000000208. The van der Waals surface area contributed by atoms with Gasteiger partial charge in [0.25, 0.3) is 6.43 Å². The molecule has 1 unspecified atom stereocenters. The van der Waals surface area contributed by atoms with Gasteiger partial charge in [0.05, 0.1) is 12.0 Å². The van der Waals surface area contributed by atoms with Crippen LogP contribution in [0.3, 0.4) is 0 Å². The highest BCUT2D eigenvalue weighted by Gasteiger charge is 2.44. The SMILES string of the molecule is CC1(C(F)F)CC(=O)c2ccc(Cl)cc2O1.O=CCc1ccc(Cl)cc1O. The zero-order chi connectivity index (χ0) is 20.2. The van der Waals surface area contributed by atoms with Gasteiger partial charge in [-0.1, -0.05) is 29.3 Å². The molecule has 0 aliphatic carbocycles. The summed E-state index contributed by atoms with van der Waals surface area (Å²) in [6.45, 7) is 1.22. The Kier molecular flexibility index (Phi) is 6.78. The summed E-state index contributed by atoms with van der Waals surface area (Å²) in [7, 11) is 0. The molecule has 1 heterocycles. The van der Waals surface area contributed by atoms with Gasteiger partial charge in [-0.2, -0.15) is 0 Å². The molecule has 0 amide bonds. The molecule has 1 aliphatic heterocycles. The minimum Gasteiger partial charge on any atom is -0.508 e. The van der Waals surface area contributed by atoms with Crippen molar-refractivity contribution in [3.63, 3.8) is 0 Å². The van der Waals surface area contributed by atoms with Crippen LogP contribution in [0.5, 0.6) is 11.5 Å². The third kappa shape index (κ3) is 5.17. The molecule has 0 saturated carbocycles. The summed E-state index contributed by atoms with van der Waals surface area (Å²) < 4.78 is 30.7. The predicted octanol–water partition coefficient (Wildman–Crippen LogP) is 5.12. The van der Waals surface area contributed by atoms with Gasteiger partial charge >= 0.3 is 0 Å². The Labute approximate surface area is 164 Å². The van der Waals surface area contributed by atoms with E-state index >= 15 is 0 Å². The van der Waals surface area contributed by atoms with E-state index in [4.69, 9.17) is 27.9 Å². The molecular formula is C19H16Cl2F2O4. The van der Waals surface area contributed by atoms with Gasteiger partial charge in [0.2, 0.25) is 0 Å². The molecular weight excluding hydrogens is 401 g/mol. The lowest BCUT2D eigenvalue weighted by atomic mass is 9.92. The van der Waals surface area contributed by atoms with E-state index in [1.165, 1.54) is 31.2 Å². The third-order valence-corrected chi connectivity index (χ3v) is 4.38. The van der Waals surface area contributed by atoms with E-state index < -0.39 is 12.0 Å². The highest BCUT2D eigenvalue weighted by Crippen LogP contribution is 2.37. The van der Waals surface area contributed by atoms with E-state index in [9.17, 15) is 23.5 Å². The van der Waals surface area contributed by atoms with Crippen LogP contribution in [0.25, 0.3) is 0 Å². The van der Waals surface area contributed by atoms with Crippen LogP contribution >= 0.6 is 23.2 Å². The van der Waals surface area contributed by atoms with Crippen LogP contribution < -0.4 is 4.74 Å². The van der Waals surface area contributed by atoms with Gasteiger partial charge in [0.15, 0.2) is 11.4 Å².